The van der Waals surface area contributed by atoms with E-state index in [1.165, 1.54) is 11.1 Å². The van der Waals surface area contributed by atoms with Crippen LogP contribution < -0.4 is 11.1 Å². The molecule has 4 heteroatoms. The summed E-state index contributed by atoms with van der Waals surface area (Å²) in [5.41, 5.74) is 8.14. The SMILES string of the molecule is Cc1ccc(C(CN)NCCCO)c(Br)c1. The molecular formula is C12H19BrN2O. The highest BCUT2D eigenvalue weighted by molar-refractivity contribution is 9.10. The molecular weight excluding hydrogens is 268 g/mol. The number of nitrogens with one attached hydrogen (secondary N) is 1. The molecule has 0 spiro atoms. The Balaban J connectivity index is 2.70. The molecule has 16 heavy (non-hydrogen) atoms. The lowest BCUT2D eigenvalue weighted by Gasteiger charge is -2.18. The first-order valence-electron chi connectivity index (χ1n) is 5.49. The van der Waals surface area contributed by atoms with Gasteiger partial charge in [-0.25, -0.2) is 0 Å². The number of halogens is 1. The van der Waals surface area contributed by atoms with Gasteiger partial charge in [-0.3, -0.25) is 0 Å². The molecule has 3 nitrogen and oxygen atoms in total. The predicted molar refractivity (Wildman–Crippen MR) is 70.4 cm³/mol. The van der Waals surface area contributed by atoms with E-state index in [0.717, 1.165) is 17.4 Å². The molecule has 90 valence electrons. The van der Waals surface area contributed by atoms with Gasteiger partial charge in [0.25, 0.3) is 0 Å². The molecule has 1 atom stereocenters. The third kappa shape index (κ3) is 3.87. The Hall–Kier alpha value is -0.420. The zero-order chi connectivity index (χ0) is 12.0. The first kappa shape index (κ1) is 13.6. The molecule has 0 bridgehead atoms. The third-order valence-corrected chi connectivity index (χ3v) is 3.18. The highest BCUT2D eigenvalue weighted by Crippen LogP contribution is 2.24. The highest BCUT2D eigenvalue weighted by Gasteiger charge is 2.11. The van der Waals surface area contributed by atoms with Gasteiger partial charge in [0.15, 0.2) is 0 Å². The second kappa shape index (κ2) is 7.01. The summed E-state index contributed by atoms with van der Waals surface area (Å²) >= 11 is 3.55. The minimum Gasteiger partial charge on any atom is -0.396 e. The number of aliphatic hydroxyl groups is 1. The molecule has 1 unspecified atom stereocenters. The van der Waals surface area contributed by atoms with Crippen LogP contribution in [0.1, 0.15) is 23.6 Å². The van der Waals surface area contributed by atoms with Crippen molar-refractivity contribution in [2.75, 3.05) is 19.7 Å². The fourth-order valence-electron chi connectivity index (χ4n) is 1.59. The molecule has 0 aromatic heterocycles. The molecule has 0 radical (unpaired) electrons. The smallest absolute Gasteiger partial charge is 0.0455 e. The van der Waals surface area contributed by atoms with E-state index in [-0.39, 0.29) is 12.6 Å². The molecule has 0 saturated heterocycles. The van der Waals surface area contributed by atoms with Crippen molar-refractivity contribution in [2.24, 2.45) is 5.73 Å². The summed E-state index contributed by atoms with van der Waals surface area (Å²) < 4.78 is 1.08. The summed E-state index contributed by atoms with van der Waals surface area (Å²) in [5.74, 6) is 0. The lowest BCUT2D eigenvalue weighted by molar-refractivity contribution is 0.283. The van der Waals surface area contributed by atoms with Crippen LogP contribution in [0.25, 0.3) is 0 Å². The summed E-state index contributed by atoms with van der Waals surface area (Å²) in [7, 11) is 0. The van der Waals surface area contributed by atoms with Gasteiger partial charge in [0.1, 0.15) is 0 Å². The van der Waals surface area contributed by atoms with E-state index < -0.39 is 0 Å². The van der Waals surface area contributed by atoms with Crippen molar-refractivity contribution in [3.63, 3.8) is 0 Å². The van der Waals surface area contributed by atoms with E-state index in [1.54, 1.807) is 0 Å². The van der Waals surface area contributed by atoms with Crippen molar-refractivity contribution in [1.82, 2.24) is 5.32 Å². The maximum Gasteiger partial charge on any atom is 0.0455 e. The van der Waals surface area contributed by atoms with Gasteiger partial charge in [0.05, 0.1) is 0 Å². The van der Waals surface area contributed by atoms with Crippen LogP contribution in [0.15, 0.2) is 22.7 Å². The number of aliphatic hydroxyl groups excluding tert-OH is 1. The normalized spacial score (nSPS) is 12.8. The van der Waals surface area contributed by atoms with Crippen LogP contribution >= 0.6 is 15.9 Å². The Kier molecular flexibility index (Phi) is 5.98. The quantitative estimate of drug-likeness (QED) is 0.698. The summed E-state index contributed by atoms with van der Waals surface area (Å²) in [6.07, 6.45) is 0.750. The number of hydrogen-bond donors (Lipinski definition) is 3. The second-order valence-electron chi connectivity index (χ2n) is 3.84. The summed E-state index contributed by atoms with van der Waals surface area (Å²) in [5, 5.41) is 12.1. The Morgan fingerprint density at radius 3 is 2.81 bits per heavy atom. The van der Waals surface area contributed by atoms with E-state index in [2.05, 4.69) is 46.4 Å². The predicted octanol–water partition coefficient (Wildman–Crippen LogP) is 1.73. The van der Waals surface area contributed by atoms with E-state index in [0.29, 0.717) is 6.54 Å². The average Bonchev–Trinajstić information content (AvgIpc) is 2.26. The van der Waals surface area contributed by atoms with Crippen molar-refractivity contribution in [1.29, 1.82) is 0 Å². The monoisotopic (exact) mass is 286 g/mol. The Labute approximate surface area is 105 Å². The molecule has 0 aliphatic rings. The Morgan fingerprint density at radius 1 is 1.50 bits per heavy atom. The van der Waals surface area contributed by atoms with Crippen molar-refractivity contribution >= 4 is 15.9 Å². The maximum absolute atomic E-state index is 8.73. The van der Waals surface area contributed by atoms with Crippen molar-refractivity contribution in [3.05, 3.63) is 33.8 Å². The van der Waals surface area contributed by atoms with Crippen molar-refractivity contribution in [3.8, 4) is 0 Å². The first-order valence-corrected chi connectivity index (χ1v) is 6.28. The van der Waals surface area contributed by atoms with Crippen molar-refractivity contribution < 1.29 is 5.11 Å². The van der Waals surface area contributed by atoms with Crippen LogP contribution in [0.5, 0.6) is 0 Å². The van der Waals surface area contributed by atoms with Crippen LogP contribution in [0.3, 0.4) is 0 Å². The molecule has 0 amide bonds. The molecule has 1 rings (SSSR count). The summed E-state index contributed by atoms with van der Waals surface area (Å²) in [4.78, 5) is 0. The molecule has 0 heterocycles. The van der Waals surface area contributed by atoms with Gasteiger partial charge in [-0.1, -0.05) is 28.1 Å². The van der Waals surface area contributed by atoms with Crippen molar-refractivity contribution in [2.45, 2.75) is 19.4 Å². The number of nitrogens with two attached hydrogens (primary N) is 1. The minimum atomic E-state index is 0.140. The zero-order valence-corrected chi connectivity index (χ0v) is 11.1. The van der Waals surface area contributed by atoms with E-state index in [4.69, 9.17) is 10.8 Å². The van der Waals surface area contributed by atoms with Crippen LogP contribution in [-0.4, -0.2) is 24.8 Å². The fraction of sp³-hybridized carbons (Fsp3) is 0.500. The molecule has 4 N–H and O–H groups in total. The van der Waals surface area contributed by atoms with Gasteiger partial charge in [0, 0.05) is 23.7 Å². The van der Waals surface area contributed by atoms with Crippen LogP contribution in [-0.2, 0) is 0 Å². The first-order chi connectivity index (χ1) is 7.69. The van der Waals surface area contributed by atoms with Crippen LogP contribution in [0.4, 0.5) is 0 Å². The number of rotatable bonds is 6. The van der Waals surface area contributed by atoms with Gasteiger partial charge >= 0.3 is 0 Å². The highest BCUT2D eigenvalue weighted by atomic mass is 79.9. The van der Waals surface area contributed by atoms with Gasteiger partial charge in [-0.05, 0) is 37.1 Å². The largest absolute Gasteiger partial charge is 0.396 e. The lowest BCUT2D eigenvalue weighted by atomic mass is 10.1. The minimum absolute atomic E-state index is 0.140. The molecule has 1 aromatic carbocycles. The van der Waals surface area contributed by atoms with Gasteiger partial charge < -0.3 is 16.2 Å². The van der Waals surface area contributed by atoms with Crippen LogP contribution in [0, 0.1) is 6.92 Å². The summed E-state index contributed by atoms with van der Waals surface area (Å²) in [6, 6.07) is 6.40. The van der Waals surface area contributed by atoms with Gasteiger partial charge in [-0.2, -0.15) is 0 Å². The van der Waals surface area contributed by atoms with E-state index in [9.17, 15) is 0 Å². The molecule has 0 saturated carbocycles. The fourth-order valence-corrected chi connectivity index (χ4v) is 2.36. The molecule has 1 aromatic rings. The Bertz CT molecular complexity index is 331. The third-order valence-electron chi connectivity index (χ3n) is 2.49. The standard InChI is InChI=1S/C12H19BrN2O/c1-9-3-4-10(11(13)7-9)12(8-14)15-5-2-6-16/h3-4,7,12,15-16H,2,5-6,8,14H2,1H3. The van der Waals surface area contributed by atoms with E-state index >= 15 is 0 Å². The number of aryl methyl sites for hydroxylation is 1. The average molecular weight is 287 g/mol. The lowest BCUT2D eigenvalue weighted by Crippen LogP contribution is -2.29. The Morgan fingerprint density at radius 2 is 2.25 bits per heavy atom. The maximum atomic E-state index is 8.73. The number of benzene rings is 1. The summed E-state index contributed by atoms with van der Waals surface area (Å²) in [6.45, 7) is 3.59. The molecule has 0 aliphatic carbocycles. The molecule has 0 aliphatic heterocycles. The topological polar surface area (TPSA) is 58.3 Å². The van der Waals surface area contributed by atoms with Gasteiger partial charge in [0.2, 0.25) is 0 Å². The molecule has 0 fully saturated rings. The second-order valence-corrected chi connectivity index (χ2v) is 4.70. The zero-order valence-electron chi connectivity index (χ0n) is 9.54. The van der Waals surface area contributed by atoms with Gasteiger partial charge in [-0.15, -0.1) is 0 Å². The van der Waals surface area contributed by atoms with Crippen LogP contribution in [0.2, 0.25) is 0 Å². The van der Waals surface area contributed by atoms with E-state index in [1.807, 2.05) is 0 Å². The number of hydrogen-bond acceptors (Lipinski definition) is 3.